The molecule has 2 aromatic carbocycles. The molecule has 1 aromatic heterocycles. The number of hydrogen-bond donors (Lipinski definition) is 2. The van der Waals surface area contributed by atoms with Crippen LogP contribution in [0.3, 0.4) is 0 Å². The maximum atomic E-state index is 12.9. The van der Waals surface area contributed by atoms with Crippen molar-refractivity contribution in [1.29, 1.82) is 0 Å². The number of halogens is 3. The van der Waals surface area contributed by atoms with E-state index in [9.17, 15) is 27.6 Å². The summed E-state index contributed by atoms with van der Waals surface area (Å²) in [5.74, 6) is -0.718. The van der Waals surface area contributed by atoms with Crippen molar-refractivity contribution in [3.05, 3.63) is 93.9 Å². The minimum absolute atomic E-state index is 0.116. The molecule has 31 heavy (non-hydrogen) atoms. The van der Waals surface area contributed by atoms with Gasteiger partial charge in [-0.2, -0.15) is 13.2 Å². The number of benzene rings is 2. The first-order valence-corrected chi connectivity index (χ1v) is 9.17. The van der Waals surface area contributed by atoms with Crippen LogP contribution in [0.25, 0.3) is 0 Å². The third kappa shape index (κ3) is 5.81. The van der Waals surface area contributed by atoms with E-state index in [-0.39, 0.29) is 23.6 Å². The molecule has 0 aliphatic heterocycles. The smallest absolute Gasteiger partial charge is 0.326 e. The molecule has 0 aliphatic carbocycles. The first kappa shape index (κ1) is 21.8. The van der Waals surface area contributed by atoms with E-state index in [2.05, 4.69) is 10.6 Å². The molecule has 0 fully saturated rings. The lowest BCUT2D eigenvalue weighted by Crippen LogP contribution is -2.22. The fourth-order valence-electron chi connectivity index (χ4n) is 2.88. The highest BCUT2D eigenvalue weighted by atomic mass is 19.4. The number of hydrogen-bond acceptors (Lipinski definition) is 3. The van der Waals surface area contributed by atoms with E-state index < -0.39 is 23.2 Å². The second kappa shape index (κ2) is 8.86. The van der Waals surface area contributed by atoms with Gasteiger partial charge in [0.25, 0.3) is 11.5 Å². The van der Waals surface area contributed by atoms with E-state index in [1.54, 1.807) is 24.3 Å². The van der Waals surface area contributed by atoms with E-state index in [0.717, 1.165) is 12.1 Å². The Hall–Kier alpha value is -3.88. The molecule has 0 radical (unpaired) electrons. The highest BCUT2D eigenvalue weighted by Crippen LogP contribution is 2.29. The monoisotopic (exact) mass is 429 g/mol. The van der Waals surface area contributed by atoms with E-state index in [0.29, 0.717) is 11.4 Å². The van der Waals surface area contributed by atoms with Crippen LogP contribution in [0.15, 0.2) is 71.7 Å². The molecule has 3 aromatic rings. The van der Waals surface area contributed by atoms with Crippen LogP contribution in [0.2, 0.25) is 0 Å². The third-order valence-electron chi connectivity index (χ3n) is 4.32. The predicted octanol–water partition coefficient (Wildman–Crippen LogP) is 4.13. The lowest BCUT2D eigenvalue weighted by atomic mass is 10.1. The Bertz CT molecular complexity index is 1170. The number of nitrogens with zero attached hydrogens (tertiary/aromatic N) is 1. The molecule has 3 rings (SSSR count). The molecule has 6 nitrogen and oxygen atoms in total. The fraction of sp³-hybridized carbons (Fsp3) is 0.136. The average molecular weight is 429 g/mol. The largest absolute Gasteiger partial charge is 0.416 e. The zero-order chi connectivity index (χ0) is 22.6. The number of pyridine rings is 1. The fourth-order valence-corrected chi connectivity index (χ4v) is 2.88. The molecule has 0 aliphatic rings. The molecule has 160 valence electrons. The molecular formula is C22H18F3N3O3. The van der Waals surface area contributed by atoms with Crippen LogP contribution >= 0.6 is 0 Å². The second-order valence-electron chi connectivity index (χ2n) is 6.79. The van der Waals surface area contributed by atoms with Crippen LogP contribution in [0, 0.1) is 0 Å². The van der Waals surface area contributed by atoms with Gasteiger partial charge in [0.05, 0.1) is 17.7 Å². The molecule has 2 N–H and O–H groups in total. The van der Waals surface area contributed by atoms with Gasteiger partial charge in [0.2, 0.25) is 5.91 Å². The minimum atomic E-state index is -4.49. The van der Waals surface area contributed by atoms with Gasteiger partial charge in [-0.05, 0) is 48.0 Å². The maximum Gasteiger partial charge on any atom is 0.416 e. The first-order chi connectivity index (χ1) is 14.6. The topological polar surface area (TPSA) is 80.2 Å². The molecule has 2 amide bonds. The summed E-state index contributed by atoms with van der Waals surface area (Å²) in [5.41, 5.74) is 0.221. The molecular weight excluding hydrogens is 411 g/mol. The maximum absolute atomic E-state index is 12.9. The zero-order valence-corrected chi connectivity index (χ0v) is 16.4. The number of alkyl halides is 3. The molecule has 0 unspecified atom stereocenters. The number of anilines is 2. The third-order valence-corrected chi connectivity index (χ3v) is 4.32. The number of carbonyl (C=O) groups is 2. The zero-order valence-electron chi connectivity index (χ0n) is 16.4. The number of aromatic nitrogens is 1. The van der Waals surface area contributed by atoms with Crippen molar-refractivity contribution in [3.63, 3.8) is 0 Å². The molecule has 1 heterocycles. The number of nitrogens with one attached hydrogen (secondary N) is 2. The molecule has 0 spiro atoms. The van der Waals surface area contributed by atoms with Crippen molar-refractivity contribution in [2.75, 3.05) is 10.6 Å². The quantitative estimate of drug-likeness (QED) is 0.640. The normalized spacial score (nSPS) is 11.1. The van der Waals surface area contributed by atoms with E-state index >= 15 is 0 Å². The van der Waals surface area contributed by atoms with Gasteiger partial charge < -0.3 is 15.2 Å². The predicted molar refractivity (Wildman–Crippen MR) is 110 cm³/mol. The van der Waals surface area contributed by atoms with Gasteiger partial charge >= 0.3 is 6.18 Å². The van der Waals surface area contributed by atoms with Gasteiger partial charge in [-0.25, -0.2) is 0 Å². The summed E-state index contributed by atoms with van der Waals surface area (Å²) in [5, 5.41) is 5.27. The van der Waals surface area contributed by atoms with Gasteiger partial charge in [-0.15, -0.1) is 0 Å². The molecule has 9 heteroatoms. The Morgan fingerprint density at radius 2 is 1.58 bits per heavy atom. The van der Waals surface area contributed by atoms with Crippen LogP contribution in [-0.2, 0) is 17.5 Å². The summed E-state index contributed by atoms with van der Waals surface area (Å²) >= 11 is 0. The summed E-state index contributed by atoms with van der Waals surface area (Å²) in [6.07, 6.45) is -3.19. The van der Waals surface area contributed by atoms with Crippen LogP contribution in [0.5, 0.6) is 0 Å². The minimum Gasteiger partial charge on any atom is -0.326 e. The first-order valence-electron chi connectivity index (χ1n) is 9.17. The van der Waals surface area contributed by atoms with Crippen LogP contribution < -0.4 is 16.2 Å². The lowest BCUT2D eigenvalue weighted by molar-refractivity contribution is -0.137. The van der Waals surface area contributed by atoms with Gasteiger partial charge in [-0.1, -0.05) is 12.1 Å². The van der Waals surface area contributed by atoms with Crippen molar-refractivity contribution in [2.24, 2.45) is 0 Å². The second-order valence-corrected chi connectivity index (χ2v) is 6.79. The highest BCUT2D eigenvalue weighted by Gasteiger charge is 2.30. The summed E-state index contributed by atoms with van der Waals surface area (Å²) < 4.78 is 39.9. The standard InChI is InChI=1S/C22H18F3N3O3/c1-14(29)26-18-6-8-19(9-7-18)27-21(31)16-5-10-20(30)28(13-16)12-15-3-2-4-17(11-15)22(23,24)25/h2-11,13H,12H2,1H3,(H,26,29)(H,27,31). The van der Waals surface area contributed by atoms with Crippen LogP contribution in [-0.4, -0.2) is 16.4 Å². The lowest BCUT2D eigenvalue weighted by Gasteiger charge is -2.12. The Labute approximate surface area is 175 Å². The van der Waals surface area contributed by atoms with E-state index in [4.69, 9.17) is 0 Å². The number of carbonyl (C=O) groups excluding carboxylic acids is 2. The highest BCUT2D eigenvalue weighted by molar-refractivity contribution is 6.04. The summed E-state index contributed by atoms with van der Waals surface area (Å²) in [6.45, 7) is 1.26. The van der Waals surface area contributed by atoms with E-state index in [1.807, 2.05) is 0 Å². The summed E-state index contributed by atoms with van der Waals surface area (Å²) in [4.78, 5) is 35.7. The summed E-state index contributed by atoms with van der Waals surface area (Å²) in [6, 6.07) is 13.6. The SMILES string of the molecule is CC(=O)Nc1ccc(NC(=O)c2ccc(=O)n(Cc3cccc(C(F)(F)F)c3)c2)cc1. The Morgan fingerprint density at radius 1 is 0.935 bits per heavy atom. The Kier molecular flexibility index (Phi) is 6.24. The number of amides is 2. The number of rotatable bonds is 5. The van der Waals surface area contributed by atoms with Gasteiger partial charge in [-0.3, -0.25) is 14.4 Å². The molecule has 0 saturated heterocycles. The molecule has 0 bridgehead atoms. The molecule has 0 saturated carbocycles. The Balaban J connectivity index is 1.77. The van der Waals surface area contributed by atoms with Gasteiger partial charge in [0.15, 0.2) is 0 Å². The summed E-state index contributed by atoms with van der Waals surface area (Å²) in [7, 11) is 0. The van der Waals surface area contributed by atoms with Crippen molar-refractivity contribution < 1.29 is 22.8 Å². The van der Waals surface area contributed by atoms with Crippen molar-refractivity contribution in [2.45, 2.75) is 19.6 Å². The van der Waals surface area contributed by atoms with E-state index in [1.165, 1.54) is 42.0 Å². The Morgan fingerprint density at radius 3 is 2.19 bits per heavy atom. The van der Waals surface area contributed by atoms with Crippen molar-refractivity contribution >= 4 is 23.2 Å². The van der Waals surface area contributed by atoms with Crippen LogP contribution in [0.1, 0.15) is 28.4 Å². The van der Waals surface area contributed by atoms with Crippen LogP contribution in [0.4, 0.5) is 24.5 Å². The average Bonchev–Trinajstić information content (AvgIpc) is 2.70. The van der Waals surface area contributed by atoms with Gasteiger partial charge in [0.1, 0.15) is 0 Å². The van der Waals surface area contributed by atoms with Crippen molar-refractivity contribution in [1.82, 2.24) is 4.57 Å². The van der Waals surface area contributed by atoms with Crippen molar-refractivity contribution in [3.8, 4) is 0 Å². The molecule has 0 atom stereocenters. The van der Waals surface area contributed by atoms with Gasteiger partial charge in [0, 0.05) is 30.6 Å².